The van der Waals surface area contributed by atoms with Crippen molar-refractivity contribution in [3.63, 3.8) is 0 Å². The van der Waals surface area contributed by atoms with E-state index < -0.39 is 0 Å². The van der Waals surface area contributed by atoms with Gasteiger partial charge in [0.05, 0.1) is 0 Å². The van der Waals surface area contributed by atoms with Crippen molar-refractivity contribution in [3.05, 3.63) is 35.4 Å². The molecule has 0 unspecified atom stereocenters. The highest BCUT2D eigenvalue weighted by Gasteiger charge is 2.21. The molecule has 0 radical (unpaired) electrons. The second kappa shape index (κ2) is 8.02. The van der Waals surface area contributed by atoms with Crippen LogP contribution in [-0.4, -0.2) is 23.8 Å². The van der Waals surface area contributed by atoms with Crippen LogP contribution in [0.3, 0.4) is 0 Å². The van der Waals surface area contributed by atoms with Gasteiger partial charge in [-0.15, -0.1) is 12.4 Å². The molecule has 1 aromatic carbocycles. The molecule has 0 spiro atoms. The molecule has 0 heterocycles. The van der Waals surface area contributed by atoms with Crippen molar-refractivity contribution in [3.8, 4) is 0 Å². The van der Waals surface area contributed by atoms with E-state index in [0.29, 0.717) is 17.7 Å². The maximum Gasteiger partial charge on any atom is 0.251 e. The van der Waals surface area contributed by atoms with Crippen LogP contribution in [0.1, 0.15) is 54.3 Å². The van der Waals surface area contributed by atoms with Gasteiger partial charge in [-0.2, -0.15) is 0 Å². The third kappa shape index (κ3) is 4.94. The molecule has 5 heteroatoms. The standard InChI is InChI=1S/C15H22N2O2.ClH/c1-4-15(16,5-2)10-17-14(19)13-8-6-12(7-9-13)11(3)18;/h6-9H,4-5,10,16H2,1-3H3,(H,17,19);1H. The molecule has 0 aliphatic rings. The Kier molecular flexibility index (Phi) is 7.46. The number of nitrogens with one attached hydrogen (secondary N) is 1. The molecule has 0 saturated carbocycles. The summed E-state index contributed by atoms with van der Waals surface area (Å²) in [4.78, 5) is 23.1. The minimum absolute atomic E-state index is 0. The van der Waals surface area contributed by atoms with Gasteiger partial charge >= 0.3 is 0 Å². The summed E-state index contributed by atoms with van der Waals surface area (Å²) < 4.78 is 0. The number of benzene rings is 1. The Hall–Kier alpha value is -1.39. The van der Waals surface area contributed by atoms with Crippen LogP contribution in [0.15, 0.2) is 24.3 Å². The number of carbonyl (C=O) groups is 2. The zero-order valence-corrected chi connectivity index (χ0v) is 13.0. The van der Waals surface area contributed by atoms with E-state index in [-0.39, 0.29) is 29.6 Å². The topological polar surface area (TPSA) is 72.2 Å². The van der Waals surface area contributed by atoms with Gasteiger partial charge < -0.3 is 11.1 Å². The summed E-state index contributed by atoms with van der Waals surface area (Å²) in [6, 6.07) is 6.63. The van der Waals surface area contributed by atoms with Crippen LogP contribution >= 0.6 is 12.4 Å². The Balaban J connectivity index is 0.00000361. The molecule has 0 bridgehead atoms. The largest absolute Gasteiger partial charge is 0.350 e. The summed E-state index contributed by atoms with van der Waals surface area (Å²) in [6.45, 7) is 5.97. The fourth-order valence-electron chi connectivity index (χ4n) is 1.71. The Morgan fingerprint density at radius 2 is 1.55 bits per heavy atom. The highest BCUT2D eigenvalue weighted by atomic mass is 35.5. The van der Waals surface area contributed by atoms with Crippen molar-refractivity contribution in [1.82, 2.24) is 5.32 Å². The summed E-state index contributed by atoms with van der Waals surface area (Å²) in [5.74, 6) is -0.170. The van der Waals surface area contributed by atoms with Crippen LogP contribution < -0.4 is 11.1 Å². The number of hydrogen-bond donors (Lipinski definition) is 2. The van der Waals surface area contributed by atoms with Gasteiger partial charge in [0.2, 0.25) is 0 Å². The second-order valence-electron chi connectivity index (χ2n) is 4.89. The number of hydrogen-bond acceptors (Lipinski definition) is 3. The maximum absolute atomic E-state index is 12.0. The quantitative estimate of drug-likeness (QED) is 0.793. The first-order valence-electron chi connectivity index (χ1n) is 6.60. The molecule has 3 N–H and O–H groups in total. The highest BCUT2D eigenvalue weighted by molar-refractivity contribution is 5.97. The average Bonchev–Trinajstić information content (AvgIpc) is 2.44. The number of carbonyl (C=O) groups excluding carboxylic acids is 2. The van der Waals surface area contributed by atoms with Crippen LogP contribution in [-0.2, 0) is 0 Å². The van der Waals surface area contributed by atoms with Gasteiger partial charge in [-0.1, -0.05) is 26.0 Å². The third-order valence-corrected chi connectivity index (χ3v) is 3.56. The lowest BCUT2D eigenvalue weighted by Gasteiger charge is -2.26. The molecular formula is C15H23ClN2O2. The molecule has 1 amide bonds. The summed E-state index contributed by atoms with van der Waals surface area (Å²) >= 11 is 0. The van der Waals surface area contributed by atoms with E-state index in [1.807, 2.05) is 13.8 Å². The Morgan fingerprint density at radius 1 is 1.10 bits per heavy atom. The number of halogens is 1. The van der Waals surface area contributed by atoms with Gasteiger partial charge in [0.25, 0.3) is 5.91 Å². The normalized spacial score (nSPS) is 10.6. The minimum Gasteiger partial charge on any atom is -0.350 e. The maximum atomic E-state index is 12.0. The Labute approximate surface area is 126 Å². The lowest BCUT2D eigenvalue weighted by Crippen LogP contribution is -2.49. The SMILES string of the molecule is CCC(N)(CC)CNC(=O)c1ccc(C(C)=O)cc1.Cl. The van der Waals surface area contributed by atoms with Crippen molar-refractivity contribution < 1.29 is 9.59 Å². The van der Waals surface area contributed by atoms with Crippen LogP contribution in [0.5, 0.6) is 0 Å². The van der Waals surface area contributed by atoms with Crippen LogP contribution in [0, 0.1) is 0 Å². The molecule has 0 aromatic heterocycles. The van der Waals surface area contributed by atoms with Crippen molar-refractivity contribution in [2.45, 2.75) is 39.2 Å². The number of amides is 1. The molecule has 1 rings (SSSR count). The van der Waals surface area contributed by atoms with Crippen molar-refractivity contribution in [2.75, 3.05) is 6.54 Å². The van der Waals surface area contributed by atoms with Crippen molar-refractivity contribution in [2.24, 2.45) is 5.73 Å². The predicted molar refractivity (Wildman–Crippen MR) is 83.5 cm³/mol. The molecule has 0 fully saturated rings. The van der Waals surface area contributed by atoms with Gasteiger partial charge in [-0.3, -0.25) is 9.59 Å². The van der Waals surface area contributed by atoms with E-state index in [2.05, 4.69) is 5.32 Å². The summed E-state index contributed by atoms with van der Waals surface area (Å²) in [6.07, 6.45) is 1.63. The van der Waals surface area contributed by atoms with Crippen molar-refractivity contribution >= 4 is 24.1 Å². The number of rotatable bonds is 6. The molecule has 0 atom stereocenters. The molecule has 0 aliphatic carbocycles. The monoisotopic (exact) mass is 298 g/mol. The molecule has 1 aromatic rings. The molecule has 0 saturated heterocycles. The summed E-state index contributed by atoms with van der Waals surface area (Å²) in [7, 11) is 0. The second-order valence-corrected chi connectivity index (χ2v) is 4.89. The third-order valence-electron chi connectivity index (χ3n) is 3.56. The zero-order chi connectivity index (χ0) is 14.5. The molecule has 112 valence electrons. The van der Waals surface area contributed by atoms with Crippen LogP contribution in [0.4, 0.5) is 0 Å². The Morgan fingerprint density at radius 3 is 1.95 bits per heavy atom. The van der Waals surface area contributed by atoms with E-state index in [1.165, 1.54) is 6.92 Å². The number of nitrogens with two attached hydrogens (primary N) is 1. The molecule has 0 aliphatic heterocycles. The van der Waals surface area contributed by atoms with Crippen LogP contribution in [0.25, 0.3) is 0 Å². The predicted octanol–water partition coefficient (Wildman–Crippen LogP) is 2.56. The van der Waals surface area contributed by atoms with Gasteiger partial charge in [-0.05, 0) is 31.9 Å². The summed E-state index contributed by atoms with van der Waals surface area (Å²) in [5, 5.41) is 2.84. The fraction of sp³-hybridized carbons (Fsp3) is 0.467. The highest BCUT2D eigenvalue weighted by Crippen LogP contribution is 2.10. The smallest absolute Gasteiger partial charge is 0.251 e. The number of Topliss-reactive ketones (excluding diaryl/α,β-unsaturated/α-hetero) is 1. The zero-order valence-electron chi connectivity index (χ0n) is 12.2. The van der Waals surface area contributed by atoms with Gasteiger partial charge in [0.15, 0.2) is 5.78 Å². The Bertz CT molecular complexity index is 453. The fourth-order valence-corrected chi connectivity index (χ4v) is 1.71. The van der Waals surface area contributed by atoms with Gasteiger partial charge in [-0.25, -0.2) is 0 Å². The van der Waals surface area contributed by atoms with E-state index in [9.17, 15) is 9.59 Å². The molecule has 4 nitrogen and oxygen atoms in total. The average molecular weight is 299 g/mol. The van der Waals surface area contributed by atoms with Gasteiger partial charge in [0.1, 0.15) is 0 Å². The first-order valence-corrected chi connectivity index (χ1v) is 6.60. The van der Waals surface area contributed by atoms with Crippen LogP contribution in [0.2, 0.25) is 0 Å². The van der Waals surface area contributed by atoms with Gasteiger partial charge in [0, 0.05) is 23.2 Å². The van der Waals surface area contributed by atoms with Crippen molar-refractivity contribution in [1.29, 1.82) is 0 Å². The number of ketones is 1. The van der Waals surface area contributed by atoms with E-state index in [1.54, 1.807) is 24.3 Å². The lowest BCUT2D eigenvalue weighted by atomic mass is 9.94. The molecular weight excluding hydrogens is 276 g/mol. The minimum atomic E-state index is -0.352. The van der Waals surface area contributed by atoms with E-state index in [4.69, 9.17) is 5.73 Å². The first kappa shape index (κ1) is 18.6. The van der Waals surface area contributed by atoms with E-state index in [0.717, 1.165) is 12.8 Å². The van der Waals surface area contributed by atoms with E-state index >= 15 is 0 Å². The first-order chi connectivity index (χ1) is 8.91. The molecule has 20 heavy (non-hydrogen) atoms. The lowest BCUT2D eigenvalue weighted by molar-refractivity contribution is 0.0940. The summed E-state index contributed by atoms with van der Waals surface area (Å²) in [5.41, 5.74) is 6.92.